The van der Waals surface area contributed by atoms with Gasteiger partial charge in [-0.3, -0.25) is 4.90 Å². The fraction of sp³-hybridized carbons (Fsp3) is 0.441. The lowest BCUT2D eigenvalue weighted by Crippen LogP contribution is -2.44. The molecule has 4 atom stereocenters. The zero-order valence-electron chi connectivity index (χ0n) is 24.4. The maximum Gasteiger partial charge on any atom is 0.319 e. The van der Waals surface area contributed by atoms with Gasteiger partial charge in [-0.2, -0.15) is 15.2 Å². The summed E-state index contributed by atoms with van der Waals surface area (Å²) in [6, 6.07) is 10.3. The molecule has 2 unspecified atom stereocenters. The molecule has 4 aliphatic rings. The van der Waals surface area contributed by atoms with Crippen LogP contribution in [0.2, 0.25) is 0 Å². The molecule has 1 saturated carbocycles. The van der Waals surface area contributed by atoms with E-state index in [-0.39, 0.29) is 63.5 Å². The Kier molecular flexibility index (Phi) is 6.57. The van der Waals surface area contributed by atoms with Gasteiger partial charge in [0.2, 0.25) is 0 Å². The van der Waals surface area contributed by atoms with Crippen LogP contribution in [0.5, 0.6) is 11.8 Å². The summed E-state index contributed by atoms with van der Waals surface area (Å²) in [6.45, 7) is 2.45. The van der Waals surface area contributed by atoms with Crippen LogP contribution in [-0.4, -0.2) is 64.5 Å². The molecule has 2 bridgehead atoms. The van der Waals surface area contributed by atoms with E-state index in [1.807, 2.05) is 0 Å². The third kappa shape index (κ3) is 4.48. The van der Waals surface area contributed by atoms with Gasteiger partial charge in [0.15, 0.2) is 17.5 Å². The summed E-state index contributed by atoms with van der Waals surface area (Å²) in [7, 11) is 0. The van der Waals surface area contributed by atoms with Crippen molar-refractivity contribution in [1.82, 2.24) is 14.9 Å². The van der Waals surface area contributed by atoms with E-state index in [1.165, 1.54) is 24.3 Å². The number of anilines is 1. The quantitative estimate of drug-likeness (QED) is 0.256. The Morgan fingerprint density at radius 3 is 2.58 bits per heavy atom. The van der Waals surface area contributed by atoms with Gasteiger partial charge in [-0.15, -0.1) is 0 Å². The number of hydrogen-bond acceptors (Lipinski definition) is 7. The molecule has 232 valence electrons. The first-order chi connectivity index (χ1) is 21.7. The van der Waals surface area contributed by atoms with Crippen molar-refractivity contribution in [2.75, 3.05) is 37.7 Å². The molecule has 0 amide bonds. The van der Waals surface area contributed by atoms with Crippen LogP contribution in [-0.2, 0) is 0 Å². The molecule has 4 aromatic rings. The SMILES string of the molecule is N#CC1C2CCC1CN(c1nc(OC[C@@]34CCCN3C[C@H](F)C4)nc3c(F)c(-c4cc(O)cc5ccc(F)c(F)c45)ccc13)C2. The Bertz CT molecular complexity index is 1890. The number of benzene rings is 3. The first-order valence-electron chi connectivity index (χ1n) is 15.5. The van der Waals surface area contributed by atoms with Crippen LogP contribution < -0.4 is 9.64 Å². The maximum absolute atomic E-state index is 16.7. The minimum atomic E-state index is -1.15. The van der Waals surface area contributed by atoms with E-state index in [1.54, 1.807) is 6.07 Å². The fourth-order valence-corrected chi connectivity index (χ4v) is 8.49. The van der Waals surface area contributed by atoms with Crippen molar-refractivity contribution in [3.8, 4) is 29.0 Å². The second-order valence-electron chi connectivity index (χ2n) is 13.1. The van der Waals surface area contributed by atoms with Crippen molar-refractivity contribution in [2.24, 2.45) is 17.8 Å². The predicted octanol–water partition coefficient (Wildman–Crippen LogP) is 6.51. The topological polar surface area (TPSA) is 85.5 Å². The summed E-state index contributed by atoms with van der Waals surface area (Å²) in [5, 5.41) is 20.6. The Morgan fingerprint density at radius 1 is 1.00 bits per heavy atom. The number of nitriles is 1. The van der Waals surface area contributed by atoms with Crippen LogP contribution in [0, 0.1) is 46.5 Å². The van der Waals surface area contributed by atoms with Gasteiger partial charge in [0, 0.05) is 42.4 Å². The Morgan fingerprint density at radius 2 is 1.80 bits per heavy atom. The summed E-state index contributed by atoms with van der Waals surface area (Å²) >= 11 is 0. The molecule has 3 saturated heterocycles. The average molecular weight is 618 g/mol. The molecular weight excluding hydrogens is 586 g/mol. The number of rotatable bonds is 5. The number of ether oxygens (including phenoxy) is 1. The number of fused-ring (bicyclic) bond motifs is 5. The molecule has 1 aliphatic carbocycles. The highest BCUT2D eigenvalue weighted by molar-refractivity contribution is 6.01. The van der Waals surface area contributed by atoms with Crippen molar-refractivity contribution >= 4 is 27.5 Å². The molecule has 1 aromatic heterocycles. The molecule has 3 aliphatic heterocycles. The lowest BCUT2D eigenvalue weighted by atomic mass is 9.86. The van der Waals surface area contributed by atoms with Crippen LogP contribution in [0.25, 0.3) is 32.8 Å². The van der Waals surface area contributed by atoms with Gasteiger partial charge in [-0.25, -0.2) is 17.6 Å². The van der Waals surface area contributed by atoms with E-state index < -0.39 is 29.2 Å². The van der Waals surface area contributed by atoms with Gasteiger partial charge in [-0.05, 0) is 79.3 Å². The predicted molar refractivity (Wildman–Crippen MR) is 160 cm³/mol. The molecule has 3 aromatic carbocycles. The molecule has 0 radical (unpaired) electrons. The number of phenols is 1. The van der Waals surface area contributed by atoms with Crippen molar-refractivity contribution in [3.63, 3.8) is 0 Å². The van der Waals surface area contributed by atoms with E-state index in [0.717, 1.165) is 38.3 Å². The summed E-state index contributed by atoms with van der Waals surface area (Å²) < 4.78 is 66.8. The lowest BCUT2D eigenvalue weighted by molar-refractivity contribution is 0.107. The number of alkyl halides is 1. The molecule has 1 N–H and O–H groups in total. The minimum Gasteiger partial charge on any atom is -0.508 e. The van der Waals surface area contributed by atoms with Gasteiger partial charge in [0.25, 0.3) is 0 Å². The molecule has 4 fully saturated rings. The van der Waals surface area contributed by atoms with Crippen LogP contribution in [0.4, 0.5) is 23.4 Å². The van der Waals surface area contributed by atoms with E-state index in [9.17, 15) is 19.1 Å². The summed E-state index contributed by atoms with van der Waals surface area (Å²) in [5.41, 5.74) is -0.614. The number of nitrogens with zero attached hydrogens (tertiary/aromatic N) is 5. The van der Waals surface area contributed by atoms with Gasteiger partial charge >= 0.3 is 6.01 Å². The van der Waals surface area contributed by atoms with E-state index in [4.69, 9.17) is 9.72 Å². The molecule has 8 rings (SSSR count). The Hall–Kier alpha value is -4.17. The zero-order chi connectivity index (χ0) is 31.0. The maximum atomic E-state index is 16.7. The van der Waals surface area contributed by atoms with Crippen molar-refractivity contribution in [1.29, 1.82) is 5.26 Å². The second kappa shape index (κ2) is 10.4. The molecule has 7 nitrogen and oxygen atoms in total. The standard InChI is InChI=1S/C34H31F4N5O2/c35-21-12-34(8-1-9-43(34)16-21)17-45-33-40-31-24(32(41-33)42-14-19-2-3-20(15-42)26(19)13-39)6-5-23(29(31)37)25-11-22(44)10-18-4-7-27(36)30(38)28(18)25/h4-7,10-11,19-21,26,44H,1-3,8-9,12,14-17H2/t19?,20?,21-,26?,34+/m1/s1. The van der Waals surface area contributed by atoms with Crippen molar-refractivity contribution in [2.45, 2.75) is 43.8 Å². The highest BCUT2D eigenvalue weighted by Gasteiger charge is 2.49. The fourth-order valence-electron chi connectivity index (χ4n) is 8.49. The largest absolute Gasteiger partial charge is 0.508 e. The Balaban J connectivity index is 1.26. The summed E-state index contributed by atoms with van der Waals surface area (Å²) in [5.74, 6) is -2.49. The molecule has 4 heterocycles. The van der Waals surface area contributed by atoms with Crippen LogP contribution in [0.3, 0.4) is 0 Å². The Labute approximate surface area is 257 Å². The number of piperidine rings is 1. The van der Waals surface area contributed by atoms with Crippen molar-refractivity contribution < 1.29 is 27.4 Å². The monoisotopic (exact) mass is 617 g/mol. The lowest BCUT2D eigenvalue weighted by Gasteiger charge is -2.36. The van der Waals surface area contributed by atoms with Gasteiger partial charge in [-0.1, -0.05) is 12.1 Å². The highest BCUT2D eigenvalue weighted by atomic mass is 19.2. The van der Waals surface area contributed by atoms with Crippen LogP contribution >= 0.6 is 0 Å². The third-order valence-corrected chi connectivity index (χ3v) is 10.6. The summed E-state index contributed by atoms with van der Waals surface area (Å²) in [6.07, 6.45) is 2.98. The van der Waals surface area contributed by atoms with Crippen LogP contribution in [0.1, 0.15) is 32.1 Å². The number of phenolic OH excluding ortho intramolecular Hbond substituents is 1. The third-order valence-electron chi connectivity index (χ3n) is 10.6. The average Bonchev–Trinajstić information content (AvgIpc) is 3.63. The summed E-state index contributed by atoms with van der Waals surface area (Å²) in [4.78, 5) is 13.5. The molecular formula is C34H31F4N5O2. The number of aromatic nitrogens is 2. The van der Waals surface area contributed by atoms with Gasteiger partial charge in [0.05, 0.1) is 17.5 Å². The minimum absolute atomic E-state index is 0.0164. The second-order valence-corrected chi connectivity index (χ2v) is 13.1. The zero-order valence-corrected chi connectivity index (χ0v) is 24.4. The smallest absolute Gasteiger partial charge is 0.319 e. The molecule has 0 spiro atoms. The van der Waals surface area contributed by atoms with Gasteiger partial charge < -0.3 is 14.7 Å². The van der Waals surface area contributed by atoms with E-state index in [2.05, 4.69) is 20.9 Å². The molecule has 45 heavy (non-hydrogen) atoms. The first-order valence-corrected chi connectivity index (χ1v) is 15.5. The van der Waals surface area contributed by atoms with E-state index in [0.29, 0.717) is 37.3 Å². The highest BCUT2D eigenvalue weighted by Crippen LogP contribution is 2.45. The van der Waals surface area contributed by atoms with E-state index >= 15 is 8.78 Å². The van der Waals surface area contributed by atoms with Crippen molar-refractivity contribution in [3.05, 3.63) is 53.8 Å². The first kappa shape index (κ1) is 28.3. The molecule has 11 heteroatoms. The normalized spacial score (nSPS) is 27.8. The van der Waals surface area contributed by atoms with Crippen LogP contribution in [0.15, 0.2) is 36.4 Å². The number of hydrogen-bond donors (Lipinski definition) is 1. The van der Waals surface area contributed by atoms with Gasteiger partial charge in [0.1, 0.15) is 29.9 Å². The number of halogens is 4. The number of aromatic hydroxyl groups is 1.